The Bertz CT molecular complexity index is 554. The highest BCUT2D eigenvalue weighted by molar-refractivity contribution is 6.17. The van der Waals surface area contributed by atoms with E-state index in [1.165, 1.54) is 5.56 Å². The molecule has 0 heterocycles. The summed E-state index contributed by atoms with van der Waals surface area (Å²) in [4.78, 5) is 0. The Morgan fingerprint density at radius 1 is 1.00 bits per heavy atom. The minimum atomic E-state index is -0.802. The van der Waals surface area contributed by atoms with E-state index >= 15 is 0 Å². The zero-order valence-corrected chi connectivity index (χ0v) is 12.1. The normalized spacial score (nSPS) is 24.1. The molecule has 1 aliphatic rings. The molecular weight excluding hydrogens is 268 g/mol. The van der Waals surface area contributed by atoms with E-state index in [9.17, 15) is 5.11 Å². The maximum atomic E-state index is 11.2. The molecule has 2 heteroatoms. The SMILES string of the molecule is OC(CCCl)(c1ccccc1)C1CC1c1ccccc1. The van der Waals surface area contributed by atoms with E-state index in [-0.39, 0.29) is 5.92 Å². The molecule has 3 unspecified atom stereocenters. The molecule has 104 valence electrons. The summed E-state index contributed by atoms with van der Waals surface area (Å²) in [6.45, 7) is 0. The lowest BCUT2D eigenvalue weighted by atomic mass is 9.84. The molecule has 0 radical (unpaired) electrons. The Morgan fingerprint density at radius 2 is 1.60 bits per heavy atom. The van der Waals surface area contributed by atoms with E-state index in [0.29, 0.717) is 18.2 Å². The van der Waals surface area contributed by atoms with Gasteiger partial charge >= 0.3 is 0 Å². The van der Waals surface area contributed by atoms with Crippen LogP contribution < -0.4 is 0 Å². The number of benzene rings is 2. The molecule has 1 aliphatic carbocycles. The van der Waals surface area contributed by atoms with Gasteiger partial charge in [0.2, 0.25) is 0 Å². The molecule has 0 saturated heterocycles. The molecule has 1 N–H and O–H groups in total. The smallest absolute Gasteiger partial charge is 0.0941 e. The second-order valence-corrected chi connectivity index (χ2v) is 5.97. The number of aliphatic hydroxyl groups is 1. The summed E-state index contributed by atoms with van der Waals surface area (Å²) in [5.41, 5.74) is 1.51. The lowest BCUT2D eigenvalue weighted by Crippen LogP contribution is -2.29. The van der Waals surface area contributed by atoms with Crippen molar-refractivity contribution in [2.24, 2.45) is 5.92 Å². The zero-order valence-electron chi connectivity index (χ0n) is 11.4. The van der Waals surface area contributed by atoms with Crippen LogP contribution in [0.25, 0.3) is 0 Å². The monoisotopic (exact) mass is 286 g/mol. The first-order chi connectivity index (χ1) is 9.75. The van der Waals surface area contributed by atoms with Crippen LogP contribution in [0.3, 0.4) is 0 Å². The Kier molecular flexibility index (Phi) is 3.82. The maximum absolute atomic E-state index is 11.2. The average molecular weight is 287 g/mol. The van der Waals surface area contributed by atoms with Crippen LogP contribution in [0.15, 0.2) is 60.7 Å². The predicted octanol–water partition coefficient (Wildman–Crippen LogP) is 4.31. The molecule has 1 nitrogen and oxygen atoms in total. The molecule has 3 rings (SSSR count). The number of hydrogen-bond donors (Lipinski definition) is 1. The number of halogens is 1. The van der Waals surface area contributed by atoms with Crippen molar-refractivity contribution >= 4 is 11.6 Å². The Labute approximate surface area is 125 Å². The first-order valence-electron chi connectivity index (χ1n) is 7.14. The van der Waals surface area contributed by atoms with Crippen molar-refractivity contribution < 1.29 is 5.11 Å². The number of hydrogen-bond acceptors (Lipinski definition) is 1. The van der Waals surface area contributed by atoms with Gasteiger partial charge in [-0.3, -0.25) is 0 Å². The van der Waals surface area contributed by atoms with Crippen molar-refractivity contribution in [2.75, 3.05) is 5.88 Å². The second-order valence-electron chi connectivity index (χ2n) is 5.59. The Balaban J connectivity index is 1.86. The second kappa shape index (κ2) is 5.59. The van der Waals surface area contributed by atoms with Crippen LogP contribution in [0.2, 0.25) is 0 Å². The summed E-state index contributed by atoms with van der Waals surface area (Å²) in [6, 6.07) is 20.4. The highest BCUT2D eigenvalue weighted by atomic mass is 35.5. The van der Waals surface area contributed by atoms with Gasteiger partial charge in [0.15, 0.2) is 0 Å². The highest BCUT2D eigenvalue weighted by Crippen LogP contribution is 2.58. The molecule has 20 heavy (non-hydrogen) atoms. The summed E-state index contributed by atoms with van der Waals surface area (Å²) in [7, 11) is 0. The van der Waals surface area contributed by atoms with E-state index < -0.39 is 5.60 Å². The lowest BCUT2D eigenvalue weighted by molar-refractivity contribution is 0.00773. The van der Waals surface area contributed by atoms with Crippen LogP contribution in [-0.2, 0) is 5.60 Å². The Morgan fingerprint density at radius 3 is 2.20 bits per heavy atom. The highest BCUT2D eigenvalue weighted by Gasteiger charge is 2.52. The van der Waals surface area contributed by atoms with Crippen molar-refractivity contribution in [2.45, 2.75) is 24.4 Å². The minimum absolute atomic E-state index is 0.269. The van der Waals surface area contributed by atoms with Crippen molar-refractivity contribution in [1.29, 1.82) is 0 Å². The standard InChI is InChI=1S/C18H19ClO/c19-12-11-18(20,15-9-5-2-6-10-15)17-13-16(17)14-7-3-1-4-8-14/h1-10,16-17,20H,11-13H2. The van der Waals surface area contributed by atoms with Crippen LogP contribution in [0, 0.1) is 5.92 Å². The maximum Gasteiger partial charge on any atom is 0.0941 e. The van der Waals surface area contributed by atoms with E-state index in [1.54, 1.807) is 0 Å². The topological polar surface area (TPSA) is 20.2 Å². The van der Waals surface area contributed by atoms with Gasteiger partial charge < -0.3 is 5.11 Å². The summed E-state index contributed by atoms with van der Waals surface area (Å²) < 4.78 is 0. The average Bonchev–Trinajstić information content (AvgIpc) is 3.30. The zero-order chi connectivity index (χ0) is 14.0. The van der Waals surface area contributed by atoms with E-state index in [1.807, 2.05) is 36.4 Å². The predicted molar refractivity (Wildman–Crippen MR) is 83.0 cm³/mol. The van der Waals surface area contributed by atoms with Crippen LogP contribution in [0.5, 0.6) is 0 Å². The fourth-order valence-electron chi connectivity index (χ4n) is 3.21. The van der Waals surface area contributed by atoms with Gasteiger partial charge in [-0.05, 0) is 35.8 Å². The third kappa shape index (κ3) is 2.48. The number of rotatable bonds is 5. The molecular formula is C18H19ClO. The molecule has 1 fully saturated rings. The first kappa shape index (κ1) is 13.7. The minimum Gasteiger partial charge on any atom is -0.385 e. The van der Waals surface area contributed by atoms with Gasteiger partial charge in [0.05, 0.1) is 5.60 Å². The van der Waals surface area contributed by atoms with Crippen molar-refractivity contribution in [3.8, 4) is 0 Å². The van der Waals surface area contributed by atoms with Crippen LogP contribution in [-0.4, -0.2) is 11.0 Å². The molecule has 1 saturated carbocycles. The van der Waals surface area contributed by atoms with Crippen LogP contribution in [0.1, 0.15) is 29.9 Å². The molecule has 0 spiro atoms. The fourth-order valence-corrected chi connectivity index (χ4v) is 3.49. The van der Waals surface area contributed by atoms with Gasteiger partial charge in [0, 0.05) is 5.88 Å². The molecule has 0 amide bonds. The third-order valence-corrected chi connectivity index (χ3v) is 4.57. The quantitative estimate of drug-likeness (QED) is 0.812. The molecule has 0 aliphatic heterocycles. The van der Waals surface area contributed by atoms with E-state index in [0.717, 1.165) is 12.0 Å². The van der Waals surface area contributed by atoms with Gasteiger partial charge in [-0.1, -0.05) is 60.7 Å². The third-order valence-electron chi connectivity index (χ3n) is 4.38. The number of alkyl halides is 1. The first-order valence-corrected chi connectivity index (χ1v) is 7.68. The van der Waals surface area contributed by atoms with Crippen molar-refractivity contribution in [3.63, 3.8) is 0 Å². The van der Waals surface area contributed by atoms with Crippen molar-refractivity contribution in [1.82, 2.24) is 0 Å². The van der Waals surface area contributed by atoms with E-state index in [2.05, 4.69) is 24.3 Å². The summed E-state index contributed by atoms with van der Waals surface area (Å²) in [6.07, 6.45) is 1.64. The largest absolute Gasteiger partial charge is 0.385 e. The molecule has 2 aromatic carbocycles. The van der Waals surface area contributed by atoms with Gasteiger partial charge in [-0.25, -0.2) is 0 Å². The van der Waals surface area contributed by atoms with Crippen molar-refractivity contribution in [3.05, 3.63) is 71.8 Å². The Hall–Kier alpha value is -1.31. The van der Waals surface area contributed by atoms with Crippen LogP contribution >= 0.6 is 11.6 Å². The van der Waals surface area contributed by atoms with Crippen LogP contribution in [0.4, 0.5) is 0 Å². The van der Waals surface area contributed by atoms with Gasteiger partial charge in [-0.15, -0.1) is 11.6 Å². The van der Waals surface area contributed by atoms with Gasteiger partial charge in [0.25, 0.3) is 0 Å². The van der Waals surface area contributed by atoms with Gasteiger partial charge in [0.1, 0.15) is 0 Å². The fraction of sp³-hybridized carbons (Fsp3) is 0.333. The molecule has 2 aromatic rings. The molecule has 0 aromatic heterocycles. The lowest BCUT2D eigenvalue weighted by Gasteiger charge is -2.29. The van der Waals surface area contributed by atoms with E-state index in [4.69, 9.17) is 11.6 Å². The molecule has 0 bridgehead atoms. The summed E-state index contributed by atoms with van der Waals surface area (Å²) >= 11 is 5.94. The summed E-state index contributed by atoms with van der Waals surface area (Å²) in [5.74, 6) is 1.19. The molecule has 3 atom stereocenters. The van der Waals surface area contributed by atoms with Gasteiger partial charge in [-0.2, -0.15) is 0 Å². The summed E-state index contributed by atoms with van der Waals surface area (Å²) in [5, 5.41) is 11.2.